The van der Waals surface area contributed by atoms with Crippen molar-refractivity contribution in [3.05, 3.63) is 32.6 Å². The first-order valence-electron chi connectivity index (χ1n) is 5.01. The van der Waals surface area contributed by atoms with Crippen LogP contribution in [0.5, 0.6) is 0 Å². The number of nitrogens with zero attached hydrogens (tertiary/aromatic N) is 2. The van der Waals surface area contributed by atoms with Crippen molar-refractivity contribution >= 4 is 17.3 Å². The average molecular weight is 227 g/mol. The summed E-state index contributed by atoms with van der Waals surface area (Å²) in [7, 11) is 0. The highest BCUT2D eigenvalue weighted by Gasteiger charge is 2.19. The number of pyridine rings is 1. The van der Waals surface area contributed by atoms with E-state index in [1.807, 2.05) is 0 Å². The van der Waals surface area contributed by atoms with Crippen LogP contribution >= 0.6 is 11.6 Å². The molecule has 0 saturated carbocycles. The van der Waals surface area contributed by atoms with Gasteiger partial charge in [-0.05, 0) is 31.2 Å². The van der Waals surface area contributed by atoms with Crippen molar-refractivity contribution in [3.8, 4) is 0 Å². The molecule has 0 unspecified atom stereocenters. The lowest BCUT2D eigenvalue weighted by Gasteiger charge is -2.04. The second kappa shape index (κ2) is 4.14. The first-order valence-corrected chi connectivity index (χ1v) is 5.39. The van der Waals surface area contributed by atoms with Crippen molar-refractivity contribution in [2.75, 3.05) is 0 Å². The summed E-state index contributed by atoms with van der Waals surface area (Å²) >= 11 is 5.76. The summed E-state index contributed by atoms with van der Waals surface area (Å²) in [4.78, 5) is 14.3. The Hall–Kier alpha value is -1.16. The highest BCUT2D eigenvalue weighted by atomic mass is 35.5. The Kier molecular flexibility index (Phi) is 2.86. The third kappa shape index (κ3) is 2.09. The second-order valence-corrected chi connectivity index (χ2v) is 4.08. The fourth-order valence-electron chi connectivity index (χ4n) is 1.90. The largest absolute Gasteiger partial charge is 0.306 e. The van der Waals surface area contributed by atoms with Gasteiger partial charge in [-0.25, -0.2) is 4.98 Å². The van der Waals surface area contributed by atoms with Crippen LogP contribution in [-0.4, -0.2) is 9.91 Å². The van der Waals surface area contributed by atoms with Gasteiger partial charge in [0.25, 0.3) is 0 Å². The lowest BCUT2D eigenvalue weighted by atomic mass is 10.1. The summed E-state index contributed by atoms with van der Waals surface area (Å²) in [5, 5.41) is 10.7. The first kappa shape index (κ1) is 10.4. The van der Waals surface area contributed by atoms with Crippen LogP contribution in [0.2, 0.25) is 5.15 Å². The summed E-state index contributed by atoms with van der Waals surface area (Å²) in [6.45, 7) is 0. The van der Waals surface area contributed by atoms with Crippen molar-refractivity contribution in [2.45, 2.75) is 32.1 Å². The monoisotopic (exact) mass is 226 g/mol. The molecule has 4 nitrogen and oxygen atoms in total. The van der Waals surface area contributed by atoms with E-state index in [0.717, 1.165) is 43.4 Å². The molecule has 0 amide bonds. The number of aromatic nitrogens is 1. The van der Waals surface area contributed by atoms with Gasteiger partial charge in [0.1, 0.15) is 0 Å². The highest BCUT2D eigenvalue weighted by Crippen LogP contribution is 2.28. The van der Waals surface area contributed by atoms with Gasteiger partial charge in [0, 0.05) is 11.8 Å². The number of hydrogen-bond acceptors (Lipinski definition) is 3. The molecule has 0 aromatic carbocycles. The molecule has 0 saturated heterocycles. The van der Waals surface area contributed by atoms with Gasteiger partial charge in [-0.2, -0.15) is 0 Å². The van der Waals surface area contributed by atoms with Crippen LogP contribution < -0.4 is 0 Å². The summed E-state index contributed by atoms with van der Waals surface area (Å²) in [6, 6.07) is 1.58. The van der Waals surface area contributed by atoms with E-state index in [-0.39, 0.29) is 10.8 Å². The summed E-state index contributed by atoms with van der Waals surface area (Å²) < 4.78 is 0. The molecule has 1 aromatic heterocycles. The van der Waals surface area contributed by atoms with Crippen LogP contribution in [0, 0.1) is 10.1 Å². The van der Waals surface area contributed by atoms with E-state index in [1.165, 1.54) is 0 Å². The maximum atomic E-state index is 10.7. The number of nitro groups is 1. The van der Waals surface area contributed by atoms with Gasteiger partial charge in [0.05, 0.1) is 4.92 Å². The zero-order chi connectivity index (χ0) is 10.8. The molecule has 1 heterocycles. The van der Waals surface area contributed by atoms with Crippen LogP contribution in [0.25, 0.3) is 0 Å². The van der Waals surface area contributed by atoms with Crippen molar-refractivity contribution in [1.29, 1.82) is 0 Å². The van der Waals surface area contributed by atoms with Crippen molar-refractivity contribution in [3.63, 3.8) is 0 Å². The third-order valence-corrected chi connectivity index (χ3v) is 2.96. The van der Waals surface area contributed by atoms with Gasteiger partial charge in [-0.3, -0.25) is 10.1 Å². The Balaban J connectivity index is 2.47. The molecule has 0 aliphatic heterocycles. The van der Waals surface area contributed by atoms with Gasteiger partial charge >= 0.3 is 5.69 Å². The fraction of sp³-hybridized carbons (Fsp3) is 0.500. The van der Waals surface area contributed by atoms with Crippen LogP contribution in [-0.2, 0) is 12.8 Å². The lowest BCUT2D eigenvalue weighted by molar-refractivity contribution is -0.385. The minimum atomic E-state index is -0.472. The maximum absolute atomic E-state index is 10.7. The number of aryl methyl sites for hydroxylation is 2. The summed E-state index contributed by atoms with van der Waals surface area (Å²) in [5.41, 5.74) is 1.85. The fourth-order valence-corrected chi connectivity index (χ4v) is 2.13. The molecule has 80 valence electrons. The number of hydrogen-bond donors (Lipinski definition) is 0. The molecular formula is C10H11ClN2O2. The van der Waals surface area contributed by atoms with E-state index in [1.54, 1.807) is 6.07 Å². The molecule has 1 aliphatic rings. The van der Waals surface area contributed by atoms with Crippen LogP contribution in [0.4, 0.5) is 5.69 Å². The second-order valence-electron chi connectivity index (χ2n) is 3.72. The highest BCUT2D eigenvalue weighted by molar-refractivity contribution is 6.31. The quantitative estimate of drug-likeness (QED) is 0.320. The van der Waals surface area contributed by atoms with E-state index < -0.39 is 4.92 Å². The zero-order valence-electron chi connectivity index (χ0n) is 8.20. The van der Waals surface area contributed by atoms with Crippen LogP contribution in [0.15, 0.2) is 6.07 Å². The van der Waals surface area contributed by atoms with Gasteiger partial charge in [-0.1, -0.05) is 18.0 Å². The molecular weight excluding hydrogens is 216 g/mol. The van der Waals surface area contributed by atoms with Gasteiger partial charge in [0.2, 0.25) is 5.15 Å². The van der Waals surface area contributed by atoms with E-state index in [9.17, 15) is 10.1 Å². The summed E-state index contributed by atoms with van der Waals surface area (Å²) in [5.74, 6) is 0. The number of rotatable bonds is 1. The first-order chi connectivity index (χ1) is 7.18. The lowest BCUT2D eigenvalue weighted by Crippen LogP contribution is -2.00. The molecule has 0 fully saturated rings. The molecule has 2 rings (SSSR count). The number of halogens is 1. The molecule has 1 aromatic rings. The van der Waals surface area contributed by atoms with E-state index >= 15 is 0 Å². The van der Waals surface area contributed by atoms with Crippen molar-refractivity contribution in [1.82, 2.24) is 4.98 Å². The standard InChI is InChI=1S/C10H11ClN2O2/c11-10-9(13(14)15)6-7-4-2-1-3-5-8(7)12-10/h6H,1-5H2. The Bertz CT molecular complexity index is 407. The molecule has 1 aliphatic carbocycles. The SMILES string of the molecule is O=[N+]([O-])c1cc2c(nc1Cl)CCCCC2. The topological polar surface area (TPSA) is 56.0 Å². The third-order valence-electron chi connectivity index (χ3n) is 2.68. The van der Waals surface area contributed by atoms with E-state index in [4.69, 9.17) is 11.6 Å². The van der Waals surface area contributed by atoms with Crippen molar-refractivity contribution < 1.29 is 4.92 Å². The molecule has 5 heteroatoms. The normalized spacial score (nSPS) is 15.5. The Morgan fingerprint density at radius 2 is 2.07 bits per heavy atom. The number of fused-ring (bicyclic) bond motifs is 1. The maximum Gasteiger partial charge on any atom is 0.306 e. The molecule has 15 heavy (non-hydrogen) atoms. The van der Waals surface area contributed by atoms with E-state index in [2.05, 4.69) is 4.98 Å². The average Bonchev–Trinajstić information content (AvgIpc) is 2.40. The Morgan fingerprint density at radius 3 is 2.80 bits per heavy atom. The predicted molar refractivity (Wildman–Crippen MR) is 57.2 cm³/mol. The van der Waals surface area contributed by atoms with E-state index in [0.29, 0.717) is 0 Å². The van der Waals surface area contributed by atoms with Crippen LogP contribution in [0.1, 0.15) is 30.5 Å². The Labute approximate surface area is 92.4 Å². The minimum absolute atomic E-state index is 0.0145. The Morgan fingerprint density at radius 1 is 1.33 bits per heavy atom. The summed E-state index contributed by atoms with van der Waals surface area (Å²) in [6.07, 6.45) is 5.08. The minimum Gasteiger partial charge on any atom is -0.258 e. The predicted octanol–water partition coefficient (Wildman–Crippen LogP) is 2.91. The van der Waals surface area contributed by atoms with Crippen molar-refractivity contribution in [2.24, 2.45) is 0 Å². The molecule has 0 bridgehead atoms. The molecule has 0 radical (unpaired) electrons. The zero-order valence-corrected chi connectivity index (χ0v) is 8.96. The molecule has 0 spiro atoms. The van der Waals surface area contributed by atoms with Gasteiger partial charge in [0.15, 0.2) is 0 Å². The van der Waals surface area contributed by atoms with Gasteiger partial charge in [-0.15, -0.1) is 0 Å². The molecule has 0 atom stereocenters. The van der Waals surface area contributed by atoms with Crippen LogP contribution in [0.3, 0.4) is 0 Å². The van der Waals surface area contributed by atoms with Gasteiger partial charge < -0.3 is 0 Å². The smallest absolute Gasteiger partial charge is 0.258 e. The molecule has 0 N–H and O–H groups in total.